The van der Waals surface area contributed by atoms with Crippen LogP contribution < -0.4 is 15.6 Å². The van der Waals surface area contributed by atoms with E-state index in [1.165, 1.54) is 12.7 Å². The fraction of sp³-hybridized carbons (Fsp3) is 0.300. The molecule has 0 fully saturated rings. The molecule has 0 saturated heterocycles. The van der Waals surface area contributed by atoms with Crippen molar-refractivity contribution < 1.29 is 14.3 Å². The zero-order valence-corrected chi connectivity index (χ0v) is 15.9. The zero-order chi connectivity index (χ0) is 19.1. The van der Waals surface area contributed by atoms with Crippen LogP contribution in [-0.4, -0.2) is 18.9 Å². The summed E-state index contributed by atoms with van der Waals surface area (Å²) in [6.07, 6.45) is 0.878. The molecule has 26 heavy (non-hydrogen) atoms. The van der Waals surface area contributed by atoms with E-state index in [2.05, 4.69) is 36.8 Å². The van der Waals surface area contributed by atoms with Gasteiger partial charge in [0.2, 0.25) is 5.91 Å². The first-order valence-corrected chi connectivity index (χ1v) is 8.80. The first-order valence-electron chi connectivity index (χ1n) is 8.42. The summed E-state index contributed by atoms with van der Waals surface area (Å²) in [6.45, 7) is 4.28. The molecule has 0 bridgehead atoms. The van der Waals surface area contributed by atoms with E-state index in [-0.39, 0.29) is 12.3 Å². The molecule has 0 radical (unpaired) electrons. The largest absolute Gasteiger partial charge is 0.496 e. The molecule has 2 N–H and O–H groups in total. The Hall–Kier alpha value is -2.53. The van der Waals surface area contributed by atoms with E-state index < -0.39 is 5.91 Å². The minimum absolute atomic E-state index is 0.265. The van der Waals surface area contributed by atoms with Crippen molar-refractivity contribution in [1.82, 2.24) is 10.9 Å². The van der Waals surface area contributed by atoms with Gasteiger partial charge in [-0.2, -0.15) is 0 Å². The van der Waals surface area contributed by atoms with Crippen LogP contribution in [0.4, 0.5) is 0 Å². The van der Waals surface area contributed by atoms with Crippen molar-refractivity contribution in [2.24, 2.45) is 0 Å². The van der Waals surface area contributed by atoms with Gasteiger partial charge >= 0.3 is 0 Å². The third-order valence-corrected chi connectivity index (χ3v) is 4.25. The molecule has 0 aliphatic carbocycles. The van der Waals surface area contributed by atoms with Crippen LogP contribution in [0.1, 0.15) is 47.7 Å². The number of benzene rings is 2. The van der Waals surface area contributed by atoms with Gasteiger partial charge in [-0.1, -0.05) is 49.7 Å². The number of rotatable bonds is 6. The number of hydrazine groups is 1. The summed E-state index contributed by atoms with van der Waals surface area (Å²) in [6, 6.07) is 12.9. The van der Waals surface area contributed by atoms with E-state index in [0.29, 0.717) is 28.7 Å². The molecule has 0 atom stereocenters. The van der Waals surface area contributed by atoms with Crippen LogP contribution in [-0.2, 0) is 11.2 Å². The fourth-order valence-corrected chi connectivity index (χ4v) is 2.60. The number of hydrogen-bond donors (Lipinski definition) is 2. The molecule has 2 aromatic rings. The van der Waals surface area contributed by atoms with E-state index in [9.17, 15) is 9.59 Å². The van der Waals surface area contributed by atoms with Gasteiger partial charge in [0.25, 0.3) is 5.91 Å². The molecule has 0 spiro atoms. The van der Waals surface area contributed by atoms with Gasteiger partial charge < -0.3 is 4.74 Å². The molecule has 6 heteroatoms. The van der Waals surface area contributed by atoms with Crippen molar-refractivity contribution in [2.45, 2.75) is 32.6 Å². The van der Waals surface area contributed by atoms with Crippen molar-refractivity contribution in [3.8, 4) is 5.75 Å². The quantitative estimate of drug-likeness (QED) is 0.754. The average Bonchev–Trinajstić information content (AvgIpc) is 2.64. The molecule has 2 aromatic carbocycles. The van der Waals surface area contributed by atoms with Gasteiger partial charge in [0.05, 0.1) is 12.7 Å². The van der Waals surface area contributed by atoms with Gasteiger partial charge in [-0.15, -0.1) is 0 Å². The van der Waals surface area contributed by atoms with Crippen LogP contribution >= 0.6 is 11.6 Å². The Morgan fingerprint density at radius 2 is 1.77 bits per heavy atom. The van der Waals surface area contributed by atoms with E-state index in [4.69, 9.17) is 16.3 Å². The Bertz CT molecular complexity index is 773. The molecule has 0 aliphatic heterocycles. The van der Waals surface area contributed by atoms with Crippen LogP contribution in [0.3, 0.4) is 0 Å². The summed E-state index contributed by atoms with van der Waals surface area (Å²) in [5, 5.41) is 0.464. The number of halogens is 1. The van der Waals surface area contributed by atoms with Gasteiger partial charge in [0, 0.05) is 11.4 Å². The Kier molecular flexibility index (Phi) is 7.04. The monoisotopic (exact) mass is 374 g/mol. The standard InChI is InChI=1S/C20H23ClN2O3/c1-13(2)15-7-4-14(5-8-15)6-11-19(24)22-23-20(25)17-10-9-16(21)12-18(17)26-3/h4-5,7-10,12-13H,6,11H2,1-3H3,(H,22,24)(H,23,25). The molecule has 0 aromatic heterocycles. The highest BCUT2D eigenvalue weighted by atomic mass is 35.5. The zero-order valence-electron chi connectivity index (χ0n) is 15.1. The van der Waals surface area contributed by atoms with E-state index in [1.54, 1.807) is 18.2 Å². The third-order valence-electron chi connectivity index (χ3n) is 4.01. The Balaban J connectivity index is 1.84. The topological polar surface area (TPSA) is 67.4 Å². The number of nitrogens with one attached hydrogen (secondary N) is 2. The number of carbonyl (C=O) groups excluding carboxylic acids is 2. The highest BCUT2D eigenvalue weighted by Crippen LogP contribution is 2.22. The summed E-state index contributed by atoms with van der Waals surface area (Å²) < 4.78 is 5.13. The maximum atomic E-state index is 12.2. The van der Waals surface area contributed by atoms with Gasteiger partial charge in [0.15, 0.2) is 0 Å². The van der Waals surface area contributed by atoms with Crippen LogP contribution in [0.2, 0.25) is 5.02 Å². The number of ether oxygens (including phenoxy) is 1. The maximum Gasteiger partial charge on any atom is 0.273 e. The predicted octanol–water partition coefficient (Wildman–Crippen LogP) is 3.87. The molecular weight excluding hydrogens is 352 g/mol. The number of carbonyl (C=O) groups is 2. The molecule has 5 nitrogen and oxygen atoms in total. The van der Waals surface area contributed by atoms with E-state index in [0.717, 1.165) is 5.56 Å². The molecule has 2 amide bonds. The highest BCUT2D eigenvalue weighted by molar-refractivity contribution is 6.30. The first kappa shape index (κ1) is 19.8. The predicted molar refractivity (Wildman–Crippen MR) is 102 cm³/mol. The van der Waals surface area contributed by atoms with E-state index >= 15 is 0 Å². The smallest absolute Gasteiger partial charge is 0.273 e. The molecular formula is C20H23ClN2O3. The average molecular weight is 375 g/mol. The summed E-state index contributed by atoms with van der Waals surface area (Å²) in [5.41, 5.74) is 7.45. The van der Waals surface area contributed by atoms with E-state index in [1.807, 2.05) is 12.1 Å². The summed E-state index contributed by atoms with van der Waals surface area (Å²) in [5.74, 6) is 0.0919. The van der Waals surface area contributed by atoms with Crippen molar-refractivity contribution >= 4 is 23.4 Å². The normalized spacial score (nSPS) is 10.5. The number of methoxy groups -OCH3 is 1. The highest BCUT2D eigenvalue weighted by Gasteiger charge is 2.13. The summed E-state index contributed by atoms with van der Waals surface area (Å²) >= 11 is 5.87. The van der Waals surface area contributed by atoms with Gasteiger partial charge in [0.1, 0.15) is 5.75 Å². The van der Waals surface area contributed by atoms with Crippen LogP contribution in [0, 0.1) is 0 Å². The van der Waals surface area contributed by atoms with Crippen LogP contribution in [0.15, 0.2) is 42.5 Å². The molecule has 138 valence electrons. The third kappa shape index (κ3) is 5.49. The Labute approximate surface area is 158 Å². The lowest BCUT2D eigenvalue weighted by molar-refractivity contribution is -0.121. The second-order valence-corrected chi connectivity index (χ2v) is 6.68. The SMILES string of the molecule is COc1cc(Cl)ccc1C(=O)NNC(=O)CCc1ccc(C(C)C)cc1. The first-order chi connectivity index (χ1) is 12.4. The molecule has 2 rings (SSSR count). The number of hydrogen-bond acceptors (Lipinski definition) is 3. The Morgan fingerprint density at radius 3 is 2.38 bits per heavy atom. The fourth-order valence-electron chi connectivity index (χ4n) is 2.44. The molecule has 0 heterocycles. The second kappa shape index (κ2) is 9.25. The lowest BCUT2D eigenvalue weighted by Gasteiger charge is -2.11. The molecule has 0 aliphatic rings. The van der Waals surface area contributed by atoms with Crippen molar-refractivity contribution in [1.29, 1.82) is 0 Å². The molecule has 0 saturated carbocycles. The Morgan fingerprint density at radius 1 is 1.08 bits per heavy atom. The second-order valence-electron chi connectivity index (χ2n) is 6.24. The lowest BCUT2D eigenvalue weighted by atomic mass is 10.0. The number of amides is 2. The van der Waals surface area contributed by atoms with Crippen LogP contribution in [0.25, 0.3) is 0 Å². The molecule has 0 unspecified atom stereocenters. The summed E-state index contributed by atoms with van der Waals surface area (Å²) in [4.78, 5) is 24.1. The van der Waals surface area contributed by atoms with Gasteiger partial charge in [-0.3, -0.25) is 20.4 Å². The van der Waals surface area contributed by atoms with Crippen molar-refractivity contribution in [3.63, 3.8) is 0 Å². The minimum atomic E-state index is -0.465. The van der Waals surface area contributed by atoms with Gasteiger partial charge in [-0.25, -0.2) is 0 Å². The van der Waals surface area contributed by atoms with Crippen molar-refractivity contribution in [2.75, 3.05) is 7.11 Å². The number of aryl methyl sites for hydroxylation is 1. The van der Waals surface area contributed by atoms with Crippen molar-refractivity contribution in [3.05, 3.63) is 64.2 Å². The lowest BCUT2D eigenvalue weighted by Crippen LogP contribution is -2.41. The van der Waals surface area contributed by atoms with Crippen LogP contribution in [0.5, 0.6) is 5.75 Å². The van der Waals surface area contributed by atoms with Gasteiger partial charge in [-0.05, 0) is 41.7 Å². The maximum absolute atomic E-state index is 12.2. The summed E-state index contributed by atoms with van der Waals surface area (Å²) in [7, 11) is 1.45. The minimum Gasteiger partial charge on any atom is -0.496 e.